The van der Waals surface area contributed by atoms with E-state index in [0.717, 1.165) is 5.56 Å². The third-order valence-corrected chi connectivity index (χ3v) is 4.18. The Labute approximate surface area is 155 Å². The maximum atomic E-state index is 12.8. The van der Waals surface area contributed by atoms with Gasteiger partial charge >= 0.3 is 12.1 Å². The summed E-state index contributed by atoms with van der Waals surface area (Å²) in [5.74, 6) is -1.63. The van der Waals surface area contributed by atoms with E-state index in [-0.39, 0.29) is 18.5 Å². The van der Waals surface area contributed by atoms with Crippen molar-refractivity contribution < 1.29 is 27.9 Å². The number of hydrogen-bond donors (Lipinski definition) is 1. The monoisotopic (exact) mass is 379 g/mol. The van der Waals surface area contributed by atoms with Crippen LogP contribution in [0.5, 0.6) is 0 Å². The highest BCUT2D eigenvalue weighted by molar-refractivity contribution is 5.96. The molecule has 0 saturated carbocycles. The van der Waals surface area contributed by atoms with Crippen LogP contribution in [0.4, 0.5) is 13.2 Å². The first kappa shape index (κ1) is 20.5. The molecular formula is C20H20F3NO3. The average molecular weight is 379 g/mol. The summed E-state index contributed by atoms with van der Waals surface area (Å²) in [6.07, 6.45) is -5.34. The highest BCUT2D eigenvalue weighted by Gasteiger charge is 2.28. The predicted molar refractivity (Wildman–Crippen MR) is 94.2 cm³/mol. The molecule has 4 nitrogen and oxygen atoms in total. The van der Waals surface area contributed by atoms with Gasteiger partial charge < -0.3 is 10.0 Å². The third kappa shape index (κ3) is 6.13. The van der Waals surface area contributed by atoms with E-state index in [9.17, 15) is 27.9 Å². The van der Waals surface area contributed by atoms with Gasteiger partial charge in [0.1, 0.15) is 6.04 Å². The molecule has 1 atom stereocenters. The molecule has 7 heteroatoms. The fraction of sp³-hybridized carbons (Fsp3) is 0.300. The zero-order valence-electron chi connectivity index (χ0n) is 14.7. The number of carbonyl (C=O) groups is 2. The number of carboxylic acids is 1. The van der Waals surface area contributed by atoms with Gasteiger partial charge in [-0.05, 0) is 36.6 Å². The van der Waals surface area contributed by atoms with Crippen LogP contribution >= 0.6 is 0 Å². The zero-order chi connectivity index (χ0) is 20.0. The van der Waals surface area contributed by atoms with E-state index in [1.165, 1.54) is 36.1 Å². The van der Waals surface area contributed by atoms with Gasteiger partial charge in [-0.3, -0.25) is 4.79 Å². The molecule has 0 spiro atoms. The molecule has 2 aromatic carbocycles. The van der Waals surface area contributed by atoms with Gasteiger partial charge in [-0.15, -0.1) is 0 Å². The van der Waals surface area contributed by atoms with Crippen molar-refractivity contribution in [3.8, 4) is 0 Å². The molecule has 1 unspecified atom stereocenters. The van der Waals surface area contributed by atoms with Gasteiger partial charge in [-0.1, -0.05) is 42.5 Å². The van der Waals surface area contributed by atoms with Crippen molar-refractivity contribution in [2.24, 2.45) is 0 Å². The lowest BCUT2D eigenvalue weighted by Gasteiger charge is -2.27. The van der Waals surface area contributed by atoms with Crippen LogP contribution in [0.15, 0.2) is 54.6 Å². The van der Waals surface area contributed by atoms with Gasteiger partial charge in [0.15, 0.2) is 0 Å². The number of carbonyl (C=O) groups excluding carboxylic acids is 1. The minimum atomic E-state index is -4.24. The van der Waals surface area contributed by atoms with E-state index in [4.69, 9.17) is 0 Å². The molecule has 2 rings (SSSR count). The van der Waals surface area contributed by atoms with Crippen LogP contribution in [0.2, 0.25) is 0 Å². The minimum absolute atomic E-state index is 0.114. The second-order valence-corrected chi connectivity index (χ2v) is 6.24. The number of benzene rings is 2. The van der Waals surface area contributed by atoms with Crippen molar-refractivity contribution in [1.29, 1.82) is 0 Å². The molecule has 0 heterocycles. The van der Waals surface area contributed by atoms with Crippen molar-refractivity contribution in [3.05, 3.63) is 71.3 Å². The molecule has 0 saturated heterocycles. The number of rotatable bonds is 7. The number of amides is 1. The van der Waals surface area contributed by atoms with Crippen LogP contribution in [0.3, 0.4) is 0 Å². The Bertz CT molecular complexity index is 773. The minimum Gasteiger partial charge on any atom is -0.480 e. The third-order valence-electron chi connectivity index (χ3n) is 4.18. The second-order valence-electron chi connectivity index (χ2n) is 6.24. The smallest absolute Gasteiger partial charge is 0.389 e. The van der Waals surface area contributed by atoms with E-state index < -0.39 is 30.5 Å². The molecule has 0 aliphatic heterocycles. The Morgan fingerprint density at radius 3 is 2.11 bits per heavy atom. The largest absolute Gasteiger partial charge is 0.480 e. The number of aliphatic carboxylic acids is 1. The Hall–Kier alpha value is -2.83. The van der Waals surface area contributed by atoms with E-state index in [1.54, 1.807) is 24.3 Å². The van der Waals surface area contributed by atoms with Gasteiger partial charge in [-0.25, -0.2) is 4.79 Å². The molecule has 0 fully saturated rings. The molecule has 0 bridgehead atoms. The SMILES string of the molecule is CC(C(=O)O)N(Cc1ccccc1)C(=O)c1ccc(CCC(F)(F)F)cc1. The summed E-state index contributed by atoms with van der Waals surface area (Å²) in [6, 6.07) is 13.7. The van der Waals surface area contributed by atoms with Crippen molar-refractivity contribution >= 4 is 11.9 Å². The van der Waals surface area contributed by atoms with Crippen LogP contribution in [-0.2, 0) is 17.8 Å². The van der Waals surface area contributed by atoms with Crippen molar-refractivity contribution in [3.63, 3.8) is 0 Å². The maximum Gasteiger partial charge on any atom is 0.389 e. The summed E-state index contributed by atoms with van der Waals surface area (Å²) in [7, 11) is 0. The van der Waals surface area contributed by atoms with Gasteiger partial charge in [0.05, 0.1) is 0 Å². The number of hydrogen-bond acceptors (Lipinski definition) is 2. The van der Waals surface area contributed by atoms with Gasteiger partial charge in [0.25, 0.3) is 5.91 Å². The average Bonchev–Trinajstić information content (AvgIpc) is 2.64. The summed E-state index contributed by atoms with van der Waals surface area (Å²) in [4.78, 5) is 25.4. The van der Waals surface area contributed by atoms with Crippen LogP contribution in [0, 0.1) is 0 Å². The van der Waals surface area contributed by atoms with Crippen LogP contribution < -0.4 is 0 Å². The lowest BCUT2D eigenvalue weighted by Crippen LogP contribution is -2.42. The van der Waals surface area contributed by atoms with Crippen molar-refractivity contribution in [1.82, 2.24) is 4.90 Å². The first-order valence-electron chi connectivity index (χ1n) is 8.41. The topological polar surface area (TPSA) is 57.6 Å². The maximum absolute atomic E-state index is 12.8. The van der Waals surface area contributed by atoms with E-state index >= 15 is 0 Å². The quantitative estimate of drug-likeness (QED) is 0.781. The van der Waals surface area contributed by atoms with Crippen molar-refractivity contribution in [2.45, 2.75) is 38.5 Å². The highest BCUT2D eigenvalue weighted by Crippen LogP contribution is 2.22. The predicted octanol–water partition coefficient (Wildman–Crippen LogP) is 4.30. The Morgan fingerprint density at radius 2 is 1.59 bits per heavy atom. The summed E-state index contributed by atoms with van der Waals surface area (Å²) >= 11 is 0. The van der Waals surface area contributed by atoms with Crippen LogP contribution in [0.1, 0.15) is 34.8 Å². The van der Waals surface area contributed by atoms with E-state index in [1.807, 2.05) is 6.07 Å². The number of aryl methyl sites for hydroxylation is 1. The molecule has 144 valence electrons. The molecule has 0 aromatic heterocycles. The van der Waals surface area contributed by atoms with Crippen LogP contribution in [0.25, 0.3) is 0 Å². The molecule has 27 heavy (non-hydrogen) atoms. The standard InChI is InChI=1S/C20H20F3NO3/c1-14(19(26)27)24(13-16-5-3-2-4-6-16)18(25)17-9-7-15(8-10-17)11-12-20(21,22)23/h2-10,14H,11-13H2,1H3,(H,26,27). The lowest BCUT2D eigenvalue weighted by atomic mass is 10.1. The molecule has 1 amide bonds. The van der Waals surface area contributed by atoms with Gasteiger partial charge in [-0.2, -0.15) is 13.2 Å². The Balaban J connectivity index is 2.17. The lowest BCUT2D eigenvalue weighted by molar-refractivity contribution is -0.142. The number of halogens is 3. The van der Waals surface area contributed by atoms with Crippen LogP contribution in [-0.4, -0.2) is 34.1 Å². The number of alkyl halides is 3. The molecule has 2 aromatic rings. The zero-order valence-corrected chi connectivity index (χ0v) is 14.7. The summed E-state index contributed by atoms with van der Waals surface area (Å²) in [5, 5.41) is 9.32. The molecule has 1 N–H and O–H groups in total. The van der Waals surface area contributed by atoms with Gasteiger partial charge in [0.2, 0.25) is 0 Å². The Kier molecular flexibility index (Phi) is 6.60. The van der Waals surface area contributed by atoms with Crippen molar-refractivity contribution in [2.75, 3.05) is 0 Å². The highest BCUT2D eigenvalue weighted by atomic mass is 19.4. The van der Waals surface area contributed by atoms with Gasteiger partial charge in [0, 0.05) is 18.5 Å². The molecule has 0 aliphatic rings. The molecular weight excluding hydrogens is 359 g/mol. The number of nitrogens with zero attached hydrogens (tertiary/aromatic N) is 1. The fourth-order valence-electron chi connectivity index (χ4n) is 2.56. The summed E-state index contributed by atoms with van der Waals surface area (Å²) in [5.41, 5.74) is 1.47. The summed E-state index contributed by atoms with van der Waals surface area (Å²) in [6.45, 7) is 1.53. The normalized spacial score (nSPS) is 12.4. The first-order chi connectivity index (χ1) is 12.7. The number of carboxylic acid groups (broad SMARTS) is 1. The molecule has 0 radical (unpaired) electrons. The Morgan fingerprint density at radius 1 is 1.00 bits per heavy atom. The molecule has 0 aliphatic carbocycles. The summed E-state index contributed by atoms with van der Waals surface area (Å²) < 4.78 is 36.9. The fourth-order valence-corrected chi connectivity index (χ4v) is 2.56. The first-order valence-corrected chi connectivity index (χ1v) is 8.41. The van der Waals surface area contributed by atoms with E-state index in [0.29, 0.717) is 5.56 Å². The second kappa shape index (κ2) is 8.70. The van der Waals surface area contributed by atoms with E-state index in [2.05, 4.69) is 0 Å².